The largest absolute Gasteiger partial charge is 0.307 e. The zero-order valence-corrected chi connectivity index (χ0v) is 13.3. The second-order valence-corrected chi connectivity index (χ2v) is 5.57. The second-order valence-electron chi connectivity index (χ2n) is 5.16. The van der Waals surface area contributed by atoms with Crippen LogP contribution >= 0.6 is 11.6 Å². The van der Waals surface area contributed by atoms with Gasteiger partial charge in [-0.2, -0.15) is 0 Å². The Morgan fingerprint density at radius 3 is 2.52 bits per heavy atom. The third-order valence-corrected chi connectivity index (χ3v) is 3.80. The highest BCUT2D eigenvalue weighted by Crippen LogP contribution is 2.26. The molecule has 2 aromatic carbocycles. The molecule has 0 fully saturated rings. The van der Waals surface area contributed by atoms with Gasteiger partial charge in [0.05, 0.1) is 11.1 Å². The maximum absolute atomic E-state index is 13.4. The minimum atomic E-state index is -0.379. The van der Waals surface area contributed by atoms with Gasteiger partial charge in [-0.1, -0.05) is 62.2 Å². The average molecular weight is 306 g/mol. The number of benzene rings is 2. The quantitative estimate of drug-likeness (QED) is 0.780. The van der Waals surface area contributed by atoms with Crippen molar-refractivity contribution in [3.63, 3.8) is 0 Å². The van der Waals surface area contributed by atoms with E-state index in [9.17, 15) is 4.39 Å². The highest BCUT2D eigenvalue weighted by atomic mass is 35.5. The molecule has 0 bridgehead atoms. The number of hydrogen-bond donors (Lipinski definition) is 1. The van der Waals surface area contributed by atoms with Crippen LogP contribution in [0.2, 0.25) is 5.02 Å². The summed E-state index contributed by atoms with van der Waals surface area (Å²) in [7, 11) is 0. The lowest BCUT2D eigenvalue weighted by Crippen LogP contribution is -2.22. The van der Waals surface area contributed by atoms with Crippen LogP contribution in [0.25, 0.3) is 0 Å². The standard InChI is InChI=1S/C18H21ClFN/c1-3-6-13-7-5-8-14(11-13)18(21-4-2)15-9-10-17(20)16(19)12-15/h5,7-12,18,21H,3-4,6H2,1-2H3. The monoisotopic (exact) mass is 305 g/mol. The van der Waals surface area contributed by atoms with Crippen molar-refractivity contribution in [3.8, 4) is 0 Å². The Kier molecular flexibility index (Phi) is 5.77. The fraction of sp³-hybridized carbons (Fsp3) is 0.333. The van der Waals surface area contributed by atoms with Gasteiger partial charge in [0.15, 0.2) is 0 Å². The van der Waals surface area contributed by atoms with Crippen LogP contribution in [-0.4, -0.2) is 6.54 Å². The van der Waals surface area contributed by atoms with Crippen LogP contribution in [0.4, 0.5) is 4.39 Å². The Hall–Kier alpha value is -1.38. The highest BCUT2D eigenvalue weighted by molar-refractivity contribution is 6.30. The topological polar surface area (TPSA) is 12.0 Å². The van der Waals surface area contributed by atoms with Gasteiger partial charge in [0.1, 0.15) is 5.82 Å². The summed E-state index contributed by atoms with van der Waals surface area (Å²) < 4.78 is 13.4. The second kappa shape index (κ2) is 7.58. The summed E-state index contributed by atoms with van der Waals surface area (Å²) in [6.45, 7) is 5.07. The lowest BCUT2D eigenvalue weighted by atomic mass is 9.96. The molecule has 1 N–H and O–H groups in total. The Labute approximate surface area is 131 Å². The molecule has 0 saturated heterocycles. The van der Waals surface area contributed by atoms with Gasteiger partial charge in [-0.15, -0.1) is 0 Å². The van der Waals surface area contributed by atoms with Crippen molar-refractivity contribution >= 4 is 11.6 Å². The maximum Gasteiger partial charge on any atom is 0.141 e. The van der Waals surface area contributed by atoms with Crippen molar-refractivity contribution in [2.45, 2.75) is 32.7 Å². The summed E-state index contributed by atoms with van der Waals surface area (Å²) in [6, 6.07) is 13.5. The highest BCUT2D eigenvalue weighted by Gasteiger charge is 2.14. The molecule has 21 heavy (non-hydrogen) atoms. The number of nitrogens with one attached hydrogen (secondary N) is 1. The Bertz CT molecular complexity index is 598. The first-order chi connectivity index (χ1) is 10.2. The Morgan fingerprint density at radius 1 is 1.10 bits per heavy atom. The third kappa shape index (κ3) is 4.05. The van der Waals surface area contributed by atoms with E-state index in [0.717, 1.165) is 24.9 Å². The zero-order chi connectivity index (χ0) is 15.2. The van der Waals surface area contributed by atoms with Gasteiger partial charge in [-0.05, 0) is 41.8 Å². The van der Waals surface area contributed by atoms with Crippen LogP contribution in [0.5, 0.6) is 0 Å². The van der Waals surface area contributed by atoms with Crippen LogP contribution in [0.1, 0.15) is 43.0 Å². The van der Waals surface area contributed by atoms with Gasteiger partial charge in [-0.3, -0.25) is 0 Å². The molecular weight excluding hydrogens is 285 g/mol. The summed E-state index contributed by atoms with van der Waals surface area (Å²) in [4.78, 5) is 0. The number of halogens is 2. The first-order valence-corrected chi connectivity index (χ1v) is 7.80. The average Bonchev–Trinajstić information content (AvgIpc) is 2.48. The normalized spacial score (nSPS) is 12.4. The lowest BCUT2D eigenvalue weighted by Gasteiger charge is -2.20. The Balaban J connectivity index is 2.37. The van der Waals surface area contributed by atoms with E-state index in [-0.39, 0.29) is 16.9 Å². The Morgan fingerprint density at radius 2 is 1.86 bits per heavy atom. The SMILES string of the molecule is CCCc1cccc(C(NCC)c2ccc(F)c(Cl)c2)c1. The van der Waals surface area contributed by atoms with Crippen molar-refractivity contribution in [2.75, 3.05) is 6.54 Å². The van der Waals surface area contributed by atoms with E-state index in [2.05, 4.69) is 43.4 Å². The van der Waals surface area contributed by atoms with E-state index in [1.807, 2.05) is 0 Å². The van der Waals surface area contributed by atoms with Crippen molar-refractivity contribution in [2.24, 2.45) is 0 Å². The summed E-state index contributed by atoms with van der Waals surface area (Å²) in [5.41, 5.74) is 3.49. The third-order valence-electron chi connectivity index (χ3n) is 3.51. The molecule has 1 atom stereocenters. The zero-order valence-electron chi connectivity index (χ0n) is 12.5. The van der Waals surface area contributed by atoms with E-state index in [1.165, 1.54) is 17.2 Å². The summed E-state index contributed by atoms with van der Waals surface area (Å²) >= 11 is 5.92. The molecule has 0 spiro atoms. The molecule has 0 saturated carbocycles. The molecule has 0 heterocycles. The summed E-state index contributed by atoms with van der Waals surface area (Å²) in [5, 5.41) is 3.62. The van der Waals surface area contributed by atoms with Gasteiger partial charge in [0.2, 0.25) is 0 Å². The first kappa shape index (κ1) is 16.0. The van der Waals surface area contributed by atoms with E-state index in [0.29, 0.717) is 0 Å². The minimum Gasteiger partial charge on any atom is -0.307 e. The molecule has 3 heteroatoms. The van der Waals surface area contributed by atoms with Crippen molar-refractivity contribution in [1.29, 1.82) is 0 Å². The van der Waals surface area contributed by atoms with Gasteiger partial charge in [0.25, 0.3) is 0 Å². The lowest BCUT2D eigenvalue weighted by molar-refractivity contribution is 0.613. The molecule has 1 nitrogen and oxygen atoms in total. The minimum absolute atomic E-state index is 0.0323. The predicted molar refractivity (Wildman–Crippen MR) is 87.4 cm³/mol. The molecule has 0 aromatic heterocycles. The van der Waals surface area contributed by atoms with Crippen LogP contribution in [0.3, 0.4) is 0 Å². The van der Waals surface area contributed by atoms with Crippen molar-refractivity contribution in [1.82, 2.24) is 5.32 Å². The van der Waals surface area contributed by atoms with Gasteiger partial charge in [-0.25, -0.2) is 4.39 Å². The molecular formula is C18H21ClFN. The first-order valence-electron chi connectivity index (χ1n) is 7.42. The molecule has 0 aliphatic rings. The van der Waals surface area contributed by atoms with Crippen LogP contribution < -0.4 is 5.32 Å². The number of hydrogen-bond acceptors (Lipinski definition) is 1. The fourth-order valence-electron chi connectivity index (χ4n) is 2.54. The van der Waals surface area contributed by atoms with Crippen molar-refractivity contribution < 1.29 is 4.39 Å². The molecule has 112 valence electrons. The molecule has 0 aliphatic heterocycles. The smallest absolute Gasteiger partial charge is 0.141 e. The number of aryl methyl sites for hydroxylation is 1. The van der Waals surface area contributed by atoms with Gasteiger partial charge < -0.3 is 5.32 Å². The van der Waals surface area contributed by atoms with Crippen LogP contribution in [-0.2, 0) is 6.42 Å². The van der Waals surface area contributed by atoms with E-state index in [4.69, 9.17) is 11.6 Å². The molecule has 2 aromatic rings. The molecule has 1 unspecified atom stereocenters. The van der Waals surface area contributed by atoms with E-state index in [1.54, 1.807) is 12.1 Å². The molecule has 0 aliphatic carbocycles. The predicted octanol–water partition coefficient (Wildman–Crippen LogP) is 5.13. The van der Waals surface area contributed by atoms with Crippen LogP contribution in [0.15, 0.2) is 42.5 Å². The molecule has 0 radical (unpaired) electrons. The molecule has 2 rings (SSSR count). The van der Waals surface area contributed by atoms with Crippen molar-refractivity contribution in [3.05, 3.63) is 70.0 Å². The summed E-state index contributed by atoms with van der Waals surface area (Å²) in [6.07, 6.45) is 2.19. The van der Waals surface area contributed by atoms with Crippen LogP contribution in [0, 0.1) is 5.82 Å². The molecule has 0 amide bonds. The maximum atomic E-state index is 13.4. The summed E-state index contributed by atoms with van der Waals surface area (Å²) in [5.74, 6) is -0.379. The fourth-order valence-corrected chi connectivity index (χ4v) is 2.73. The van der Waals surface area contributed by atoms with Gasteiger partial charge >= 0.3 is 0 Å². The van der Waals surface area contributed by atoms with E-state index >= 15 is 0 Å². The van der Waals surface area contributed by atoms with E-state index < -0.39 is 0 Å². The van der Waals surface area contributed by atoms with Gasteiger partial charge in [0, 0.05) is 0 Å². The number of rotatable bonds is 6.